The number of halogens is 1. The molecule has 0 radical (unpaired) electrons. The molecular weight excluding hydrogens is 356 g/mol. The summed E-state index contributed by atoms with van der Waals surface area (Å²) < 4.78 is 0. The number of anilines is 2. The normalized spacial score (nSPS) is 13.9. The number of carbonyl (C=O) groups excluding carboxylic acids is 1. The number of hydrogen-bond acceptors (Lipinski definition) is 5. The standard InChI is InChI=1S/C17H15ClN6O2/c18-12-1-2-13-10(8-12)7-11(15(25)22-13)9-21-16-19-4-3-14(23-16)24-6-5-20-17(24)26/h1-4,7-8H,5-6,9H2,(H,20,26)(H,22,25)(H,19,21,23). The Kier molecular flexibility index (Phi) is 4.18. The molecule has 0 unspecified atom stereocenters. The molecule has 1 saturated heterocycles. The van der Waals surface area contributed by atoms with Crippen LogP contribution in [0.1, 0.15) is 5.56 Å². The van der Waals surface area contributed by atoms with Crippen LogP contribution in [-0.2, 0) is 6.54 Å². The lowest BCUT2D eigenvalue weighted by Crippen LogP contribution is -2.28. The molecule has 4 rings (SSSR count). The van der Waals surface area contributed by atoms with Crippen molar-refractivity contribution in [3.05, 3.63) is 57.5 Å². The number of urea groups is 1. The molecule has 1 aromatic carbocycles. The maximum absolute atomic E-state index is 12.2. The summed E-state index contributed by atoms with van der Waals surface area (Å²) >= 11 is 6.01. The number of pyridine rings is 1. The third-order valence-corrected chi connectivity index (χ3v) is 4.33. The second-order valence-corrected chi connectivity index (χ2v) is 6.27. The highest BCUT2D eigenvalue weighted by atomic mass is 35.5. The smallest absolute Gasteiger partial charge is 0.323 e. The minimum absolute atomic E-state index is 0.183. The number of carbonyl (C=O) groups is 1. The van der Waals surface area contributed by atoms with Gasteiger partial charge in [-0.15, -0.1) is 0 Å². The Labute approximate surface area is 153 Å². The number of nitrogens with zero attached hydrogens (tertiary/aromatic N) is 3. The molecule has 9 heteroatoms. The van der Waals surface area contributed by atoms with Gasteiger partial charge in [0.05, 0.1) is 0 Å². The van der Waals surface area contributed by atoms with Gasteiger partial charge in [-0.05, 0) is 30.3 Å². The Balaban J connectivity index is 1.55. The van der Waals surface area contributed by atoms with Gasteiger partial charge in [0.15, 0.2) is 0 Å². The second kappa shape index (κ2) is 6.64. The van der Waals surface area contributed by atoms with Gasteiger partial charge in [-0.1, -0.05) is 11.6 Å². The number of nitrogens with one attached hydrogen (secondary N) is 3. The monoisotopic (exact) mass is 370 g/mol. The maximum atomic E-state index is 12.2. The van der Waals surface area contributed by atoms with Crippen molar-refractivity contribution in [2.75, 3.05) is 23.3 Å². The molecule has 0 atom stereocenters. The van der Waals surface area contributed by atoms with Crippen LogP contribution < -0.4 is 21.1 Å². The van der Waals surface area contributed by atoms with Gasteiger partial charge < -0.3 is 15.6 Å². The number of aromatic nitrogens is 3. The van der Waals surface area contributed by atoms with Crippen molar-refractivity contribution in [3.63, 3.8) is 0 Å². The predicted molar refractivity (Wildman–Crippen MR) is 99.7 cm³/mol. The van der Waals surface area contributed by atoms with Crippen LogP contribution in [0.4, 0.5) is 16.6 Å². The summed E-state index contributed by atoms with van der Waals surface area (Å²) in [5, 5.41) is 7.20. The van der Waals surface area contributed by atoms with Gasteiger partial charge >= 0.3 is 6.03 Å². The molecule has 26 heavy (non-hydrogen) atoms. The lowest BCUT2D eigenvalue weighted by atomic mass is 10.1. The van der Waals surface area contributed by atoms with E-state index in [0.717, 1.165) is 10.9 Å². The predicted octanol–water partition coefficient (Wildman–Crippen LogP) is 2.11. The Bertz CT molecular complexity index is 1050. The number of aromatic amines is 1. The first-order valence-corrected chi connectivity index (χ1v) is 8.42. The molecular formula is C17H15ClN6O2. The average molecular weight is 371 g/mol. The van der Waals surface area contributed by atoms with Crippen LogP contribution in [-0.4, -0.2) is 34.1 Å². The second-order valence-electron chi connectivity index (χ2n) is 5.83. The average Bonchev–Trinajstić information content (AvgIpc) is 3.06. The Morgan fingerprint density at radius 2 is 2.12 bits per heavy atom. The van der Waals surface area contributed by atoms with E-state index >= 15 is 0 Å². The summed E-state index contributed by atoms with van der Waals surface area (Å²) in [5.41, 5.74) is 1.07. The number of hydrogen-bond donors (Lipinski definition) is 3. The van der Waals surface area contributed by atoms with Crippen molar-refractivity contribution in [1.29, 1.82) is 0 Å². The van der Waals surface area contributed by atoms with Crippen molar-refractivity contribution in [2.45, 2.75) is 6.54 Å². The molecule has 2 amide bonds. The van der Waals surface area contributed by atoms with E-state index in [1.165, 1.54) is 4.90 Å². The van der Waals surface area contributed by atoms with E-state index < -0.39 is 0 Å². The number of amides is 2. The molecule has 3 aromatic rings. The molecule has 132 valence electrons. The highest BCUT2D eigenvalue weighted by Crippen LogP contribution is 2.18. The van der Waals surface area contributed by atoms with Crippen molar-refractivity contribution in [1.82, 2.24) is 20.3 Å². The van der Waals surface area contributed by atoms with Crippen LogP contribution in [0.3, 0.4) is 0 Å². The molecule has 0 saturated carbocycles. The van der Waals surface area contributed by atoms with Gasteiger partial charge in [0, 0.05) is 47.3 Å². The Morgan fingerprint density at radius 3 is 2.92 bits per heavy atom. The summed E-state index contributed by atoms with van der Waals surface area (Å²) in [6.45, 7) is 1.38. The molecule has 2 aromatic heterocycles. The third kappa shape index (κ3) is 3.18. The molecule has 1 fully saturated rings. The lowest BCUT2D eigenvalue weighted by molar-refractivity contribution is 0.252. The first kappa shape index (κ1) is 16.3. The minimum Gasteiger partial charge on any atom is -0.350 e. The SMILES string of the molecule is O=C1NCCN1c1ccnc(NCc2cc3cc(Cl)ccc3[nH]c2=O)n1. The van der Waals surface area contributed by atoms with Crippen molar-refractivity contribution < 1.29 is 4.79 Å². The first-order valence-electron chi connectivity index (χ1n) is 8.04. The van der Waals surface area contributed by atoms with Crippen LogP contribution in [0.15, 0.2) is 41.3 Å². The topological polar surface area (TPSA) is 103 Å². The molecule has 0 bridgehead atoms. The van der Waals surface area contributed by atoms with E-state index in [1.807, 2.05) is 0 Å². The summed E-state index contributed by atoms with van der Waals surface area (Å²) in [4.78, 5) is 36.8. The Hall–Kier alpha value is -3.13. The fourth-order valence-electron chi connectivity index (χ4n) is 2.80. The molecule has 1 aliphatic rings. The van der Waals surface area contributed by atoms with Gasteiger partial charge in [-0.25, -0.2) is 9.78 Å². The maximum Gasteiger partial charge on any atom is 0.323 e. The lowest BCUT2D eigenvalue weighted by Gasteiger charge is -2.13. The van der Waals surface area contributed by atoms with E-state index in [2.05, 4.69) is 25.6 Å². The van der Waals surface area contributed by atoms with Gasteiger partial charge in [-0.3, -0.25) is 9.69 Å². The van der Waals surface area contributed by atoms with Gasteiger partial charge in [0.2, 0.25) is 5.95 Å². The van der Waals surface area contributed by atoms with E-state index in [1.54, 1.807) is 36.5 Å². The molecule has 0 aliphatic carbocycles. The quantitative estimate of drug-likeness (QED) is 0.652. The van der Waals surface area contributed by atoms with Crippen LogP contribution in [0.5, 0.6) is 0 Å². The zero-order valence-electron chi connectivity index (χ0n) is 13.6. The summed E-state index contributed by atoms with van der Waals surface area (Å²) in [5.74, 6) is 0.851. The fraction of sp³-hybridized carbons (Fsp3) is 0.176. The van der Waals surface area contributed by atoms with Gasteiger partial charge in [0.1, 0.15) is 5.82 Å². The number of benzene rings is 1. The van der Waals surface area contributed by atoms with E-state index in [-0.39, 0.29) is 18.1 Å². The van der Waals surface area contributed by atoms with Crippen molar-refractivity contribution in [3.8, 4) is 0 Å². The molecule has 3 heterocycles. The number of H-pyrrole nitrogens is 1. The van der Waals surface area contributed by atoms with Gasteiger partial charge in [0.25, 0.3) is 5.56 Å². The highest BCUT2D eigenvalue weighted by molar-refractivity contribution is 6.31. The van der Waals surface area contributed by atoms with Gasteiger partial charge in [-0.2, -0.15) is 4.98 Å². The summed E-state index contributed by atoms with van der Waals surface area (Å²) in [6, 6.07) is 8.55. The Morgan fingerprint density at radius 1 is 1.23 bits per heavy atom. The molecule has 1 aliphatic heterocycles. The van der Waals surface area contributed by atoms with Crippen molar-refractivity contribution >= 4 is 40.3 Å². The molecule has 3 N–H and O–H groups in total. The van der Waals surface area contributed by atoms with Crippen molar-refractivity contribution in [2.24, 2.45) is 0 Å². The van der Waals surface area contributed by atoms with E-state index in [9.17, 15) is 9.59 Å². The van der Waals surface area contributed by atoms with Crippen LogP contribution in [0.25, 0.3) is 10.9 Å². The van der Waals surface area contributed by atoms with Crippen LogP contribution in [0, 0.1) is 0 Å². The first-order chi connectivity index (χ1) is 12.6. The summed E-state index contributed by atoms with van der Waals surface area (Å²) in [6.07, 6.45) is 1.57. The number of rotatable bonds is 4. The van der Waals surface area contributed by atoms with Crippen LogP contribution in [0.2, 0.25) is 5.02 Å². The minimum atomic E-state index is -0.192. The highest BCUT2D eigenvalue weighted by Gasteiger charge is 2.22. The molecule has 0 spiro atoms. The zero-order valence-corrected chi connectivity index (χ0v) is 14.4. The van der Waals surface area contributed by atoms with E-state index in [4.69, 9.17) is 11.6 Å². The number of fused-ring (bicyclic) bond motifs is 1. The zero-order chi connectivity index (χ0) is 18.1. The molecule has 8 nitrogen and oxygen atoms in total. The van der Waals surface area contributed by atoms with E-state index in [0.29, 0.717) is 35.4 Å². The third-order valence-electron chi connectivity index (χ3n) is 4.09. The summed E-state index contributed by atoms with van der Waals surface area (Å²) in [7, 11) is 0. The van der Waals surface area contributed by atoms with Crippen LogP contribution >= 0.6 is 11.6 Å². The largest absolute Gasteiger partial charge is 0.350 e. The fourth-order valence-corrected chi connectivity index (χ4v) is 2.98.